The Balaban J connectivity index is 3.86. The minimum Gasteiger partial charge on any atom is -0.460 e. The highest BCUT2D eigenvalue weighted by molar-refractivity contribution is 5.70. The molecule has 0 aromatic carbocycles. The van der Waals surface area contributed by atoms with Crippen LogP contribution in [0.25, 0.3) is 0 Å². The summed E-state index contributed by atoms with van der Waals surface area (Å²) in [6.45, 7) is 7.11. The number of carbonyl (C=O) groups is 1. The first kappa shape index (κ1) is 15.3. The number of nitrogens with one attached hydrogen (secondary N) is 1. The average molecular weight is 233 g/mol. The summed E-state index contributed by atoms with van der Waals surface area (Å²) in [6.07, 6.45) is 0.215. The summed E-state index contributed by atoms with van der Waals surface area (Å²) in [5, 5.41) is 20.9. The van der Waals surface area contributed by atoms with Crippen LogP contribution < -0.4 is 5.32 Å². The Morgan fingerprint density at radius 3 is 2.06 bits per heavy atom. The van der Waals surface area contributed by atoms with Gasteiger partial charge in [0.25, 0.3) is 0 Å². The maximum Gasteiger partial charge on any atom is 0.307 e. The minimum absolute atomic E-state index is 0.183. The topological polar surface area (TPSA) is 78.8 Å². The Kier molecular flexibility index (Phi) is 5.92. The van der Waals surface area contributed by atoms with E-state index in [-0.39, 0.29) is 25.6 Å². The van der Waals surface area contributed by atoms with Crippen molar-refractivity contribution in [3.05, 3.63) is 0 Å². The van der Waals surface area contributed by atoms with Gasteiger partial charge in [0.1, 0.15) is 5.60 Å². The van der Waals surface area contributed by atoms with Crippen LogP contribution in [-0.2, 0) is 9.53 Å². The highest BCUT2D eigenvalue weighted by Crippen LogP contribution is 2.08. The third-order valence-corrected chi connectivity index (χ3v) is 2.00. The molecule has 0 unspecified atom stereocenters. The predicted octanol–water partition coefficient (Wildman–Crippen LogP) is 0.0511. The van der Waals surface area contributed by atoms with E-state index >= 15 is 0 Å². The number of ether oxygens (including phenoxy) is 1. The quantitative estimate of drug-likeness (QED) is 0.565. The molecule has 96 valence electrons. The Hall–Kier alpha value is -0.650. The largest absolute Gasteiger partial charge is 0.460 e. The summed E-state index contributed by atoms with van der Waals surface area (Å²) in [4.78, 5) is 11.3. The zero-order chi connectivity index (χ0) is 12.8. The Morgan fingerprint density at radius 1 is 1.19 bits per heavy atom. The molecule has 0 spiro atoms. The molecule has 0 radical (unpaired) electrons. The van der Waals surface area contributed by atoms with Gasteiger partial charge in [0, 0.05) is 6.54 Å². The second-order valence-electron chi connectivity index (χ2n) is 5.14. The molecule has 0 saturated carbocycles. The molecule has 16 heavy (non-hydrogen) atoms. The molecule has 0 bridgehead atoms. The summed E-state index contributed by atoms with van der Waals surface area (Å²) in [7, 11) is 0. The van der Waals surface area contributed by atoms with Gasteiger partial charge in [0.15, 0.2) is 0 Å². The van der Waals surface area contributed by atoms with E-state index < -0.39 is 11.1 Å². The average Bonchev–Trinajstić information content (AvgIpc) is 2.14. The first-order valence-corrected chi connectivity index (χ1v) is 5.41. The number of carbonyl (C=O) groups excluding carboxylic acids is 1. The minimum atomic E-state index is -0.748. The first-order chi connectivity index (χ1) is 7.22. The van der Waals surface area contributed by atoms with Crippen LogP contribution >= 0.6 is 0 Å². The second kappa shape index (κ2) is 6.18. The Labute approximate surface area is 96.8 Å². The molecule has 3 N–H and O–H groups in total. The highest BCUT2D eigenvalue weighted by atomic mass is 16.6. The van der Waals surface area contributed by atoms with E-state index in [2.05, 4.69) is 5.32 Å². The van der Waals surface area contributed by atoms with E-state index in [9.17, 15) is 4.79 Å². The smallest absolute Gasteiger partial charge is 0.307 e. The van der Waals surface area contributed by atoms with Gasteiger partial charge in [-0.25, -0.2) is 0 Å². The summed E-state index contributed by atoms with van der Waals surface area (Å²) >= 11 is 0. The van der Waals surface area contributed by atoms with E-state index in [0.29, 0.717) is 6.54 Å². The number of hydrogen-bond acceptors (Lipinski definition) is 5. The lowest BCUT2D eigenvalue weighted by atomic mass is 10.1. The van der Waals surface area contributed by atoms with E-state index in [4.69, 9.17) is 14.9 Å². The fourth-order valence-corrected chi connectivity index (χ4v) is 1.02. The lowest BCUT2D eigenvalue weighted by Crippen LogP contribution is -2.49. The monoisotopic (exact) mass is 233 g/mol. The van der Waals surface area contributed by atoms with Crippen molar-refractivity contribution in [2.75, 3.05) is 19.8 Å². The van der Waals surface area contributed by atoms with Crippen LogP contribution in [0, 0.1) is 0 Å². The summed E-state index contributed by atoms with van der Waals surface area (Å²) < 4.78 is 5.12. The van der Waals surface area contributed by atoms with Gasteiger partial charge in [-0.3, -0.25) is 4.79 Å². The van der Waals surface area contributed by atoms with Crippen molar-refractivity contribution in [1.29, 1.82) is 0 Å². The maximum atomic E-state index is 11.3. The van der Waals surface area contributed by atoms with Gasteiger partial charge in [-0.2, -0.15) is 0 Å². The third-order valence-electron chi connectivity index (χ3n) is 2.00. The van der Waals surface area contributed by atoms with Crippen LogP contribution in [0.3, 0.4) is 0 Å². The fourth-order valence-electron chi connectivity index (χ4n) is 1.02. The van der Waals surface area contributed by atoms with Crippen LogP contribution in [0.15, 0.2) is 0 Å². The van der Waals surface area contributed by atoms with Gasteiger partial charge in [-0.15, -0.1) is 0 Å². The summed E-state index contributed by atoms with van der Waals surface area (Å²) in [5.41, 5.74) is -1.23. The van der Waals surface area contributed by atoms with E-state index in [0.717, 1.165) is 0 Å². The molecule has 0 rings (SSSR count). The van der Waals surface area contributed by atoms with Gasteiger partial charge < -0.3 is 20.3 Å². The van der Waals surface area contributed by atoms with Gasteiger partial charge in [-0.05, 0) is 27.7 Å². The number of aliphatic hydroxyl groups excluding tert-OH is 2. The van der Waals surface area contributed by atoms with Crippen molar-refractivity contribution in [3.63, 3.8) is 0 Å². The Bertz CT molecular complexity index is 219. The van der Waals surface area contributed by atoms with Gasteiger partial charge in [-0.1, -0.05) is 0 Å². The zero-order valence-electron chi connectivity index (χ0n) is 10.5. The molecule has 5 nitrogen and oxygen atoms in total. The molecule has 0 atom stereocenters. The van der Waals surface area contributed by atoms with Crippen molar-refractivity contribution in [3.8, 4) is 0 Å². The van der Waals surface area contributed by atoms with Crippen LogP contribution in [0.1, 0.15) is 34.1 Å². The molecule has 0 aromatic rings. The van der Waals surface area contributed by atoms with E-state index in [1.165, 1.54) is 0 Å². The van der Waals surface area contributed by atoms with Crippen LogP contribution in [0.4, 0.5) is 0 Å². The van der Waals surface area contributed by atoms with Gasteiger partial charge in [0.05, 0.1) is 25.2 Å². The summed E-state index contributed by atoms with van der Waals surface area (Å²) in [6, 6.07) is 0. The van der Waals surface area contributed by atoms with Crippen molar-refractivity contribution in [1.82, 2.24) is 5.32 Å². The predicted molar refractivity (Wildman–Crippen MR) is 61.0 cm³/mol. The van der Waals surface area contributed by atoms with Crippen LogP contribution in [0.2, 0.25) is 0 Å². The molecule has 0 aliphatic heterocycles. The second-order valence-corrected chi connectivity index (χ2v) is 5.14. The number of esters is 1. The molecule has 0 fully saturated rings. The van der Waals surface area contributed by atoms with Crippen LogP contribution in [-0.4, -0.2) is 47.1 Å². The van der Waals surface area contributed by atoms with Crippen molar-refractivity contribution < 1.29 is 19.7 Å². The number of rotatable bonds is 6. The molecular formula is C11H23NO4. The van der Waals surface area contributed by atoms with Gasteiger partial charge in [0.2, 0.25) is 0 Å². The SMILES string of the molecule is CC(CO)(CO)NCCC(=O)OC(C)(C)C. The normalized spacial score (nSPS) is 12.6. The van der Waals surface area contributed by atoms with Crippen molar-refractivity contribution in [2.24, 2.45) is 0 Å². The van der Waals surface area contributed by atoms with Gasteiger partial charge >= 0.3 is 5.97 Å². The molecule has 0 saturated heterocycles. The molecular weight excluding hydrogens is 210 g/mol. The standard InChI is InChI=1S/C11H23NO4/c1-10(2,3)16-9(15)5-6-12-11(4,7-13)8-14/h12-14H,5-8H2,1-4H3. The summed E-state index contributed by atoms with van der Waals surface area (Å²) in [5.74, 6) is -0.293. The van der Waals surface area contributed by atoms with Crippen molar-refractivity contribution in [2.45, 2.75) is 45.3 Å². The lowest BCUT2D eigenvalue weighted by molar-refractivity contribution is -0.154. The fraction of sp³-hybridized carbons (Fsp3) is 0.909. The zero-order valence-corrected chi connectivity index (χ0v) is 10.5. The first-order valence-electron chi connectivity index (χ1n) is 5.41. The molecule has 0 aliphatic carbocycles. The molecule has 0 aliphatic rings. The van der Waals surface area contributed by atoms with E-state index in [1.807, 2.05) is 20.8 Å². The number of hydrogen-bond donors (Lipinski definition) is 3. The maximum absolute atomic E-state index is 11.3. The van der Waals surface area contributed by atoms with Crippen LogP contribution in [0.5, 0.6) is 0 Å². The number of aliphatic hydroxyl groups is 2. The highest BCUT2D eigenvalue weighted by Gasteiger charge is 2.22. The molecule has 0 heterocycles. The van der Waals surface area contributed by atoms with E-state index in [1.54, 1.807) is 6.92 Å². The molecule has 0 amide bonds. The lowest BCUT2D eigenvalue weighted by Gasteiger charge is -2.26. The third kappa shape index (κ3) is 6.76. The molecule has 5 heteroatoms. The van der Waals surface area contributed by atoms with Crippen molar-refractivity contribution >= 4 is 5.97 Å². The molecule has 0 aromatic heterocycles. The Morgan fingerprint density at radius 2 is 1.69 bits per heavy atom.